The molecule has 8 nitrogen and oxygen atoms in total. The van der Waals surface area contributed by atoms with E-state index in [0.29, 0.717) is 24.2 Å². The third-order valence-corrected chi connectivity index (χ3v) is 8.99. The van der Waals surface area contributed by atoms with Gasteiger partial charge in [0.15, 0.2) is 9.84 Å². The van der Waals surface area contributed by atoms with Crippen molar-refractivity contribution in [3.8, 4) is 17.3 Å². The Balaban J connectivity index is 1.68. The van der Waals surface area contributed by atoms with Crippen LogP contribution in [0.2, 0.25) is 0 Å². The number of hydrogen-bond donors (Lipinski definition) is 1. The summed E-state index contributed by atoms with van der Waals surface area (Å²) >= 11 is 0. The van der Waals surface area contributed by atoms with Crippen LogP contribution in [0.4, 0.5) is 13.2 Å². The standard InChI is InChI=1S/C23H25F3N4O4S/c1-13-8-18(30(2)29-13)14-4-5-20(17(9-14)23(24,25)26)35(32,33)15-10-16(19(11-15)34-3)21(31)28-22(12-27)6-7-22/h4-5,8-9,15-16,19H,6-7,10-11H2,1-3H3,(H,28,31)/t15-,16-,19?/m1/s1. The van der Waals surface area contributed by atoms with E-state index in [0.717, 1.165) is 12.1 Å². The maximum absolute atomic E-state index is 14.0. The van der Waals surface area contributed by atoms with E-state index in [1.165, 1.54) is 17.9 Å². The Morgan fingerprint density at radius 1 is 1.29 bits per heavy atom. The van der Waals surface area contributed by atoms with Gasteiger partial charge < -0.3 is 10.1 Å². The fourth-order valence-corrected chi connectivity index (χ4v) is 6.68. The number of aromatic nitrogens is 2. The Bertz CT molecular complexity index is 1310. The van der Waals surface area contributed by atoms with Gasteiger partial charge in [0.25, 0.3) is 0 Å². The molecular formula is C23H25F3N4O4S. The average Bonchev–Trinajstić information content (AvgIpc) is 3.26. The van der Waals surface area contributed by atoms with Crippen LogP contribution in [0.3, 0.4) is 0 Å². The third-order valence-electron chi connectivity index (χ3n) is 6.75. The Labute approximate surface area is 201 Å². The SMILES string of the molecule is COC1C[C@H](S(=O)(=O)c2ccc(-c3cc(C)nn3C)cc2C(F)(F)F)C[C@H]1C(=O)NC1(C#N)CC1. The fraction of sp³-hybridized carbons (Fsp3) is 0.522. The Kier molecular flexibility index (Phi) is 6.22. The molecule has 2 aliphatic carbocycles. The Morgan fingerprint density at radius 3 is 2.49 bits per heavy atom. The summed E-state index contributed by atoms with van der Waals surface area (Å²) in [6.07, 6.45) is -5.05. The fourth-order valence-electron chi connectivity index (χ4n) is 4.68. The van der Waals surface area contributed by atoms with Crippen molar-refractivity contribution in [1.82, 2.24) is 15.1 Å². The lowest BCUT2D eigenvalue weighted by atomic mass is 10.0. The van der Waals surface area contributed by atoms with E-state index in [2.05, 4.69) is 10.4 Å². The maximum Gasteiger partial charge on any atom is 0.417 e. The number of nitriles is 1. The highest BCUT2D eigenvalue weighted by Crippen LogP contribution is 2.43. The molecule has 12 heteroatoms. The number of sulfone groups is 1. The quantitative estimate of drug-likeness (QED) is 0.639. The molecule has 2 aromatic rings. The summed E-state index contributed by atoms with van der Waals surface area (Å²) < 4.78 is 75.8. The van der Waals surface area contributed by atoms with Crippen molar-refractivity contribution >= 4 is 15.7 Å². The van der Waals surface area contributed by atoms with Crippen LogP contribution >= 0.6 is 0 Å². The predicted molar refractivity (Wildman–Crippen MR) is 119 cm³/mol. The largest absolute Gasteiger partial charge is 0.417 e. The number of halogens is 3. The number of carbonyl (C=O) groups excluding carboxylic acids is 1. The van der Waals surface area contributed by atoms with Gasteiger partial charge in [0, 0.05) is 19.7 Å². The van der Waals surface area contributed by atoms with Gasteiger partial charge in [-0.2, -0.15) is 23.5 Å². The van der Waals surface area contributed by atoms with Gasteiger partial charge in [0.05, 0.1) is 45.2 Å². The highest BCUT2D eigenvalue weighted by molar-refractivity contribution is 7.92. The van der Waals surface area contributed by atoms with E-state index < -0.39 is 55.2 Å². The van der Waals surface area contributed by atoms with Crippen LogP contribution in [-0.2, 0) is 32.6 Å². The van der Waals surface area contributed by atoms with Gasteiger partial charge in [-0.15, -0.1) is 0 Å². The minimum atomic E-state index is -4.92. The molecule has 35 heavy (non-hydrogen) atoms. The minimum absolute atomic E-state index is 0.129. The van der Waals surface area contributed by atoms with Crippen molar-refractivity contribution in [2.24, 2.45) is 13.0 Å². The molecule has 0 bridgehead atoms. The second kappa shape index (κ2) is 8.64. The first-order valence-corrected chi connectivity index (χ1v) is 12.6. The molecule has 4 rings (SSSR count). The number of hydrogen-bond acceptors (Lipinski definition) is 6. The molecule has 0 spiro atoms. The van der Waals surface area contributed by atoms with E-state index >= 15 is 0 Å². The monoisotopic (exact) mass is 510 g/mol. The van der Waals surface area contributed by atoms with Gasteiger partial charge in [0.1, 0.15) is 5.54 Å². The van der Waals surface area contributed by atoms with E-state index in [1.54, 1.807) is 20.0 Å². The predicted octanol–water partition coefficient (Wildman–Crippen LogP) is 3.15. The normalized spacial score (nSPS) is 23.6. The summed E-state index contributed by atoms with van der Waals surface area (Å²) in [6.45, 7) is 1.70. The van der Waals surface area contributed by atoms with Crippen LogP contribution in [0.25, 0.3) is 11.3 Å². The number of benzene rings is 1. The molecule has 188 valence electrons. The molecule has 0 radical (unpaired) electrons. The van der Waals surface area contributed by atoms with Crippen LogP contribution in [0, 0.1) is 24.2 Å². The summed E-state index contributed by atoms with van der Waals surface area (Å²) in [7, 11) is -1.55. The van der Waals surface area contributed by atoms with Gasteiger partial charge in [-0.1, -0.05) is 6.07 Å². The molecule has 2 saturated carbocycles. The minimum Gasteiger partial charge on any atom is -0.381 e. The summed E-state index contributed by atoms with van der Waals surface area (Å²) in [5, 5.41) is 14.8. The van der Waals surface area contributed by atoms with Crippen molar-refractivity contribution < 1.29 is 31.1 Å². The number of rotatable bonds is 6. The molecule has 0 saturated heterocycles. The smallest absolute Gasteiger partial charge is 0.381 e. The molecule has 2 fully saturated rings. The lowest BCUT2D eigenvalue weighted by Gasteiger charge is -2.19. The Hall–Kier alpha value is -2.91. The molecule has 1 aromatic carbocycles. The Morgan fingerprint density at radius 2 is 1.97 bits per heavy atom. The number of nitrogens with zero attached hydrogens (tertiary/aromatic N) is 3. The van der Waals surface area contributed by atoms with Crippen LogP contribution in [0.1, 0.15) is 36.9 Å². The molecule has 1 aromatic heterocycles. The van der Waals surface area contributed by atoms with E-state index in [9.17, 15) is 31.6 Å². The zero-order valence-electron chi connectivity index (χ0n) is 19.4. The van der Waals surface area contributed by atoms with Gasteiger partial charge in [-0.25, -0.2) is 8.42 Å². The van der Waals surface area contributed by atoms with Crippen molar-refractivity contribution in [2.45, 2.75) is 60.6 Å². The highest BCUT2D eigenvalue weighted by Gasteiger charge is 2.51. The first kappa shape index (κ1) is 25.2. The number of alkyl halides is 3. The van der Waals surface area contributed by atoms with Crippen LogP contribution < -0.4 is 5.32 Å². The van der Waals surface area contributed by atoms with Gasteiger partial charge >= 0.3 is 6.18 Å². The molecule has 1 N–H and O–H groups in total. The average molecular weight is 511 g/mol. The van der Waals surface area contributed by atoms with Crippen molar-refractivity contribution in [3.63, 3.8) is 0 Å². The van der Waals surface area contributed by atoms with E-state index in [-0.39, 0.29) is 18.4 Å². The highest BCUT2D eigenvalue weighted by atomic mass is 32.2. The molecule has 0 aliphatic heterocycles. The van der Waals surface area contributed by atoms with Gasteiger partial charge in [-0.3, -0.25) is 9.48 Å². The molecular weight excluding hydrogens is 485 g/mol. The van der Waals surface area contributed by atoms with Gasteiger partial charge in [-0.05, 0) is 50.8 Å². The maximum atomic E-state index is 14.0. The van der Waals surface area contributed by atoms with Crippen molar-refractivity contribution in [3.05, 3.63) is 35.5 Å². The topological polar surface area (TPSA) is 114 Å². The summed E-state index contributed by atoms with van der Waals surface area (Å²) in [5.74, 6) is -1.41. The summed E-state index contributed by atoms with van der Waals surface area (Å²) in [4.78, 5) is 11.9. The van der Waals surface area contributed by atoms with Crippen LogP contribution in [0.5, 0.6) is 0 Å². The lowest BCUT2D eigenvalue weighted by molar-refractivity contribution is -0.139. The molecule has 1 unspecified atom stereocenters. The number of carbonyl (C=O) groups is 1. The second-order valence-corrected chi connectivity index (χ2v) is 11.4. The summed E-state index contributed by atoms with van der Waals surface area (Å²) in [5.41, 5.74) is -1.00. The van der Waals surface area contributed by atoms with Crippen molar-refractivity contribution in [1.29, 1.82) is 5.26 Å². The molecule has 3 atom stereocenters. The zero-order chi connectivity index (χ0) is 25.8. The first-order chi connectivity index (χ1) is 16.3. The third kappa shape index (κ3) is 4.67. The first-order valence-electron chi connectivity index (χ1n) is 11.0. The van der Waals surface area contributed by atoms with E-state index in [4.69, 9.17) is 4.74 Å². The van der Waals surface area contributed by atoms with E-state index in [1.807, 2.05) is 6.07 Å². The summed E-state index contributed by atoms with van der Waals surface area (Å²) in [6, 6.07) is 6.77. The van der Waals surface area contributed by atoms with Crippen LogP contribution in [0.15, 0.2) is 29.2 Å². The number of methoxy groups -OCH3 is 1. The number of ether oxygens (including phenoxy) is 1. The molecule has 1 heterocycles. The van der Waals surface area contributed by atoms with Crippen LogP contribution in [-0.4, -0.2) is 48.1 Å². The zero-order valence-corrected chi connectivity index (χ0v) is 20.2. The van der Waals surface area contributed by atoms with Crippen molar-refractivity contribution in [2.75, 3.05) is 7.11 Å². The molecule has 2 aliphatic rings. The molecule has 1 amide bonds. The number of aryl methyl sites for hydroxylation is 2. The number of amides is 1. The number of nitrogens with one attached hydrogen (secondary N) is 1. The van der Waals surface area contributed by atoms with Gasteiger partial charge in [0.2, 0.25) is 5.91 Å². The lowest BCUT2D eigenvalue weighted by Crippen LogP contribution is -2.42. The second-order valence-electron chi connectivity index (χ2n) is 9.21.